The molecule has 2 aromatic rings. The summed E-state index contributed by atoms with van der Waals surface area (Å²) in [6, 6.07) is 11.3. The number of nitrogens with zero attached hydrogens (tertiary/aromatic N) is 1. The van der Waals surface area contributed by atoms with E-state index in [4.69, 9.17) is 4.84 Å². The summed E-state index contributed by atoms with van der Waals surface area (Å²) in [4.78, 5) is 28.8. The minimum atomic E-state index is -0.526. The molecule has 0 bridgehead atoms. The topological polar surface area (TPSA) is 79.8 Å². The van der Waals surface area contributed by atoms with Crippen molar-refractivity contribution in [1.82, 2.24) is 0 Å². The molecule has 26 heavy (non-hydrogen) atoms. The Hall–Kier alpha value is -2.93. The van der Waals surface area contributed by atoms with Crippen LogP contribution in [0, 0.1) is 6.92 Å². The van der Waals surface area contributed by atoms with Crippen LogP contribution in [0.4, 0.5) is 11.4 Å². The number of hydrogen-bond donors (Lipinski definition) is 2. The number of allylic oxidation sites excluding steroid dienone is 1. The van der Waals surface area contributed by atoms with Crippen molar-refractivity contribution in [3.8, 4) is 0 Å². The van der Waals surface area contributed by atoms with E-state index in [1.807, 2.05) is 43.3 Å². The Morgan fingerprint density at radius 3 is 2.65 bits per heavy atom. The first-order valence-electron chi connectivity index (χ1n) is 7.94. The van der Waals surface area contributed by atoms with Crippen molar-refractivity contribution in [2.75, 3.05) is 10.6 Å². The van der Waals surface area contributed by atoms with Crippen molar-refractivity contribution in [2.24, 2.45) is 5.16 Å². The summed E-state index contributed by atoms with van der Waals surface area (Å²) in [5.74, 6) is -0.759. The van der Waals surface area contributed by atoms with Crippen LogP contribution >= 0.6 is 15.9 Å². The van der Waals surface area contributed by atoms with Crippen LogP contribution in [0.25, 0.3) is 5.57 Å². The van der Waals surface area contributed by atoms with Gasteiger partial charge < -0.3 is 15.5 Å². The molecular formula is C19H14BrN3O3. The van der Waals surface area contributed by atoms with Crippen LogP contribution in [-0.2, 0) is 14.4 Å². The van der Waals surface area contributed by atoms with Gasteiger partial charge in [0.1, 0.15) is 5.71 Å². The van der Waals surface area contributed by atoms with E-state index in [9.17, 15) is 9.59 Å². The highest BCUT2D eigenvalue weighted by Gasteiger charge is 2.34. The molecule has 0 spiro atoms. The molecule has 0 radical (unpaired) electrons. The SMILES string of the molecule is CC(=O)O/N=C1/C(=C2/C(=O)Nc3cc(Br)c(C)cc32)Nc2ccccc21. The van der Waals surface area contributed by atoms with Gasteiger partial charge in [0, 0.05) is 28.2 Å². The Balaban J connectivity index is 1.94. The van der Waals surface area contributed by atoms with Crippen molar-refractivity contribution >= 4 is 50.5 Å². The summed E-state index contributed by atoms with van der Waals surface area (Å²) in [6.45, 7) is 3.24. The Bertz CT molecular complexity index is 1040. The first-order chi connectivity index (χ1) is 12.5. The fourth-order valence-electron chi connectivity index (χ4n) is 3.06. The van der Waals surface area contributed by atoms with Gasteiger partial charge in [-0.3, -0.25) is 4.79 Å². The van der Waals surface area contributed by atoms with Gasteiger partial charge in [0.25, 0.3) is 5.91 Å². The van der Waals surface area contributed by atoms with Gasteiger partial charge in [0.15, 0.2) is 0 Å². The molecular weight excluding hydrogens is 398 g/mol. The highest BCUT2D eigenvalue weighted by molar-refractivity contribution is 9.10. The molecule has 6 nitrogen and oxygen atoms in total. The maximum Gasteiger partial charge on any atom is 0.332 e. The number of oxime groups is 1. The van der Waals surface area contributed by atoms with Gasteiger partial charge in [0.05, 0.1) is 17.0 Å². The van der Waals surface area contributed by atoms with Crippen LogP contribution in [0.2, 0.25) is 0 Å². The van der Waals surface area contributed by atoms with Crippen molar-refractivity contribution < 1.29 is 14.4 Å². The molecule has 2 aliphatic rings. The smallest absolute Gasteiger partial charge is 0.332 e. The fourth-order valence-corrected chi connectivity index (χ4v) is 3.40. The molecule has 1 amide bonds. The third kappa shape index (κ3) is 2.61. The summed E-state index contributed by atoms with van der Waals surface area (Å²) in [7, 11) is 0. The third-order valence-corrected chi connectivity index (χ3v) is 5.09. The van der Waals surface area contributed by atoms with E-state index in [0.29, 0.717) is 17.0 Å². The largest absolute Gasteiger partial charge is 0.352 e. The number of halogens is 1. The molecule has 0 aromatic heterocycles. The highest BCUT2D eigenvalue weighted by atomic mass is 79.9. The van der Waals surface area contributed by atoms with E-state index in [2.05, 4.69) is 31.7 Å². The second-order valence-corrected chi connectivity index (χ2v) is 6.90. The van der Waals surface area contributed by atoms with Crippen LogP contribution in [0.15, 0.2) is 51.7 Å². The summed E-state index contributed by atoms with van der Waals surface area (Å²) < 4.78 is 0.916. The zero-order chi connectivity index (χ0) is 18.4. The maximum absolute atomic E-state index is 12.7. The number of anilines is 2. The Morgan fingerprint density at radius 1 is 1.12 bits per heavy atom. The van der Waals surface area contributed by atoms with Gasteiger partial charge >= 0.3 is 5.97 Å². The third-order valence-electron chi connectivity index (χ3n) is 4.24. The number of carbonyl (C=O) groups is 2. The average molecular weight is 412 g/mol. The van der Waals surface area contributed by atoms with Gasteiger partial charge in [-0.25, -0.2) is 4.79 Å². The quantitative estimate of drug-likeness (QED) is 0.424. The lowest BCUT2D eigenvalue weighted by molar-refractivity contribution is -0.140. The molecule has 7 heteroatoms. The Kier molecular flexibility index (Phi) is 3.88. The lowest BCUT2D eigenvalue weighted by atomic mass is 10.00. The number of hydrogen-bond acceptors (Lipinski definition) is 5. The van der Waals surface area contributed by atoms with Crippen LogP contribution in [0.3, 0.4) is 0 Å². The molecule has 2 heterocycles. The summed E-state index contributed by atoms with van der Waals surface area (Å²) >= 11 is 3.48. The van der Waals surface area contributed by atoms with Gasteiger partial charge in [-0.2, -0.15) is 0 Å². The van der Waals surface area contributed by atoms with Crippen LogP contribution in [0.1, 0.15) is 23.6 Å². The van der Waals surface area contributed by atoms with E-state index in [1.165, 1.54) is 6.92 Å². The zero-order valence-corrected chi connectivity index (χ0v) is 15.6. The minimum absolute atomic E-state index is 0.233. The molecule has 0 aliphatic carbocycles. The molecule has 0 fully saturated rings. The number of para-hydroxylation sites is 1. The first-order valence-corrected chi connectivity index (χ1v) is 8.73. The van der Waals surface area contributed by atoms with Crippen LogP contribution < -0.4 is 10.6 Å². The lowest BCUT2D eigenvalue weighted by Gasteiger charge is -2.07. The Morgan fingerprint density at radius 2 is 1.88 bits per heavy atom. The Labute approximate surface area is 158 Å². The molecule has 2 aromatic carbocycles. The monoisotopic (exact) mass is 411 g/mol. The zero-order valence-electron chi connectivity index (χ0n) is 14.0. The number of fused-ring (bicyclic) bond motifs is 2. The van der Waals surface area contributed by atoms with Gasteiger partial charge in [-0.15, -0.1) is 0 Å². The number of benzene rings is 2. The van der Waals surface area contributed by atoms with Crippen LogP contribution in [-0.4, -0.2) is 17.6 Å². The van der Waals surface area contributed by atoms with E-state index < -0.39 is 5.97 Å². The molecule has 2 aliphatic heterocycles. The second-order valence-electron chi connectivity index (χ2n) is 6.04. The van der Waals surface area contributed by atoms with Gasteiger partial charge in [-0.1, -0.05) is 39.3 Å². The lowest BCUT2D eigenvalue weighted by Crippen LogP contribution is -2.13. The van der Waals surface area contributed by atoms with E-state index in [0.717, 1.165) is 32.5 Å². The van der Waals surface area contributed by atoms with E-state index >= 15 is 0 Å². The number of amides is 1. The standard InChI is InChI=1S/C19H14BrN3O3/c1-9-7-12-15(8-13(9)20)22-19(25)16(12)18-17(23-26-10(2)24)11-5-3-4-6-14(11)21-18/h3-8,21H,1-2H3,(H,22,25)/b18-16-,23-17+. The second kappa shape index (κ2) is 6.10. The van der Waals surface area contributed by atoms with Crippen molar-refractivity contribution in [3.05, 3.63) is 63.3 Å². The average Bonchev–Trinajstić information content (AvgIpc) is 3.10. The fraction of sp³-hybridized carbons (Fsp3) is 0.105. The molecule has 0 atom stereocenters. The first kappa shape index (κ1) is 16.5. The summed E-state index contributed by atoms with van der Waals surface area (Å²) in [5, 5.41) is 10.1. The number of carbonyl (C=O) groups excluding carboxylic acids is 2. The van der Waals surface area contributed by atoms with Gasteiger partial charge in [-0.05, 0) is 30.7 Å². The normalized spacial score (nSPS) is 19.0. The van der Waals surface area contributed by atoms with Crippen LogP contribution in [0.5, 0.6) is 0 Å². The molecule has 4 rings (SSSR count). The van der Waals surface area contributed by atoms with E-state index in [-0.39, 0.29) is 5.91 Å². The van der Waals surface area contributed by atoms with Crippen molar-refractivity contribution in [2.45, 2.75) is 13.8 Å². The molecule has 2 N–H and O–H groups in total. The van der Waals surface area contributed by atoms with Gasteiger partial charge in [0.2, 0.25) is 0 Å². The summed E-state index contributed by atoms with van der Waals surface area (Å²) in [5.41, 5.74) is 5.49. The summed E-state index contributed by atoms with van der Waals surface area (Å²) in [6.07, 6.45) is 0. The molecule has 130 valence electrons. The molecule has 0 saturated carbocycles. The van der Waals surface area contributed by atoms with Crippen molar-refractivity contribution in [3.63, 3.8) is 0 Å². The molecule has 0 saturated heterocycles. The number of rotatable bonds is 1. The minimum Gasteiger partial charge on any atom is -0.352 e. The highest BCUT2D eigenvalue weighted by Crippen LogP contribution is 2.40. The number of aryl methyl sites for hydroxylation is 1. The van der Waals surface area contributed by atoms with E-state index in [1.54, 1.807) is 0 Å². The maximum atomic E-state index is 12.7. The van der Waals surface area contributed by atoms with Crippen molar-refractivity contribution in [1.29, 1.82) is 0 Å². The molecule has 0 unspecified atom stereocenters. The number of nitrogens with one attached hydrogen (secondary N) is 2. The predicted molar refractivity (Wildman–Crippen MR) is 103 cm³/mol. The predicted octanol–water partition coefficient (Wildman–Crippen LogP) is 3.81.